The van der Waals surface area contributed by atoms with Crippen molar-refractivity contribution in [2.75, 3.05) is 5.88 Å². The van der Waals surface area contributed by atoms with Crippen LogP contribution in [-0.4, -0.2) is 38.3 Å². The van der Waals surface area contributed by atoms with E-state index in [1.165, 1.54) is 18.3 Å². The van der Waals surface area contributed by atoms with Gasteiger partial charge in [-0.1, -0.05) is 0 Å². The molecular formula is C9H10ClNO4. The number of pyridine rings is 1. The zero-order chi connectivity index (χ0) is 11.4. The maximum absolute atomic E-state index is 10.6. The van der Waals surface area contributed by atoms with E-state index in [1.807, 2.05) is 0 Å². The van der Waals surface area contributed by atoms with Crippen LogP contribution in [0.4, 0.5) is 0 Å². The minimum absolute atomic E-state index is 0.133. The number of nitrogens with zero attached hydrogens (tertiary/aromatic N) is 1. The number of alkyl halides is 1. The lowest BCUT2D eigenvalue weighted by Gasteiger charge is -2.15. The molecule has 82 valence electrons. The van der Waals surface area contributed by atoms with Gasteiger partial charge in [0.1, 0.15) is 11.8 Å². The van der Waals surface area contributed by atoms with E-state index in [1.54, 1.807) is 0 Å². The smallest absolute Gasteiger partial charge is 0.354 e. The van der Waals surface area contributed by atoms with E-state index in [0.29, 0.717) is 0 Å². The van der Waals surface area contributed by atoms with E-state index in [0.717, 1.165) is 0 Å². The van der Waals surface area contributed by atoms with Crippen molar-refractivity contribution in [1.29, 1.82) is 0 Å². The normalized spacial score (nSPS) is 14.6. The van der Waals surface area contributed by atoms with Gasteiger partial charge in [-0.2, -0.15) is 0 Å². The van der Waals surface area contributed by atoms with Gasteiger partial charge in [0, 0.05) is 6.20 Å². The van der Waals surface area contributed by atoms with E-state index in [4.69, 9.17) is 16.7 Å². The van der Waals surface area contributed by atoms with E-state index in [9.17, 15) is 15.0 Å². The first kappa shape index (κ1) is 11.9. The van der Waals surface area contributed by atoms with Crippen molar-refractivity contribution >= 4 is 17.6 Å². The average molecular weight is 232 g/mol. The number of rotatable bonds is 4. The van der Waals surface area contributed by atoms with Crippen LogP contribution in [0.25, 0.3) is 0 Å². The van der Waals surface area contributed by atoms with Gasteiger partial charge in [0.15, 0.2) is 0 Å². The zero-order valence-electron chi connectivity index (χ0n) is 7.67. The summed E-state index contributed by atoms with van der Waals surface area (Å²) in [5, 5.41) is 27.5. The standard InChI is InChI=1S/C9H10ClNO4/c10-4-7(12)8(13)5-1-2-11-6(3-5)9(14)15/h1-3,7-8,12-13H,4H2,(H,14,15). The van der Waals surface area contributed by atoms with Crippen LogP contribution >= 0.6 is 11.6 Å². The van der Waals surface area contributed by atoms with Gasteiger partial charge in [-0.15, -0.1) is 11.6 Å². The highest BCUT2D eigenvalue weighted by atomic mass is 35.5. The maximum Gasteiger partial charge on any atom is 0.354 e. The first-order valence-electron chi connectivity index (χ1n) is 4.17. The fourth-order valence-electron chi connectivity index (χ4n) is 1.05. The number of carbonyl (C=O) groups is 1. The molecular weight excluding hydrogens is 222 g/mol. The molecule has 1 aromatic heterocycles. The highest BCUT2D eigenvalue weighted by Crippen LogP contribution is 2.17. The van der Waals surface area contributed by atoms with Crippen molar-refractivity contribution in [2.45, 2.75) is 12.2 Å². The second-order valence-electron chi connectivity index (χ2n) is 2.95. The summed E-state index contributed by atoms with van der Waals surface area (Å²) < 4.78 is 0. The topological polar surface area (TPSA) is 90.7 Å². The molecule has 5 nitrogen and oxygen atoms in total. The fourth-order valence-corrected chi connectivity index (χ4v) is 1.22. The predicted octanol–water partition coefficient (Wildman–Crippen LogP) is 0.413. The molecule has 0 spiro atoms. The van der Waals surface area contributed by atoms with E-state index < -0.39 is 18.2 Å². The van der Waals surface area contributed by atoms with Crippen LogP contribution in [0.3, 0.4) is 0 Å². The third-order valence-corrected chi connectivity index (χ3v) is 2.18. The summed E-state index contributed by atoms with van der Waals surface area (Å²) in [6, 6.07) is 2.62. The molecule has 1 aromatic rings. The van der Waals surface area contributed by atoms with Gasteiger partial charge >= 0.3 is 5.97 Å². The molecule has 0 saturated heterocycles. The Morgan fingerprint density at radius 3 is 2.73 bits per heavy atom. The number of halogens is 1. The third-order valence-electron chi connectivity index (χ3n) is 1.87. The average Bonchev–Trinajstić information content (AvgIpc) is 2.27. The molecule has 2 atom stereocenters. The second kappa shape index (κ2) is 5.06. The molecule has 0 aromatic carbocycles. The van der Waals surface area contributed by atoms with Gasteiger partial charge in [-0.3, -0.25) is 0 Å². The molecule has 0 aliphatic rings. The van der Waals surface area contributed by atoms with Crippen LogP contribution in [0.15, 0.2) is 18.3 Å². The van der Waals surface area contributed by atoms with Crippen molar-refractivity contribution in [3.05, 3.63) is 29.6 Å². The molecule has 3 N–H and O–H groups in total. The first-order valence-corrected chi connectivity index (χ1v) is 4.71. The van der Waals surface area contributed by atoms with Gasteiger partial charge in [0.2, 0.25) is 0 Å². The molecule has 0 aliphatic heterocycles. The van der Waals surface area contributed by atoms with Crippen LogP contribution in [0.5, 0.6) is 0 Å². The highest BCUT2D eigenvalue weighted by Gasteiger charge is 2.18. The molecule has 0 amide bonds. The maximum atomic E-state index is 10.6. The summed E-state index contributed by atoms with van der Waals surface area (Å²) in [4.78, 5) is 14.2. The Morgan fingerprint density at radius 1 is 1.53 bits per heavy atom. The first-order chi connectivity index (χ1) is 7.06. The molecule has 1 heterocycles. The van der Waals surface area contributed by atoms with E-state index in [2.05, 4.69) is 4.98 Å². The summed E-state index contributed by atoms with van der Waals surface area (Å²) in [6.45, 7) is 0. The SMILES string of the molecule is O=C(O)c1cc(C(O)C(O)CCl)ccn1. The third kappa shape index (κ3) is 2.89. The Morgan fingerprint density at radius 2 is 2.20 bits per heavy atom. The fraction of sp³-hybridized carbons (Fsp3) is 0.333. The molecule has 0 saturated carbocycles. The molecule has 0 bridgehead atoms. The lowest BCUT2D eigenvalue weighted by molar-refractivity contribution is 0.0325. The van der Waals surface area contributed by atoms with Crippen molar-refractivity contribution in [1.82, 2.24) is 4.98 Å². The number of aliphatic hydroxyl groups excluding tert-OH is 2. The quantitative estimate of drug-likeness (QED) is 0.653. The van der Waals surface area contributed by atoms with Crippen molar-refractivity contribution in [3.8, 4) is 0 Å². The van der Waals surface area contributed by atoms with Crippen LogP contribution in [0.2, 0.25) is 0 Å². The van der Waals surface area contributed by atoms with E-state index in [-0.39, 0.29) is 17.1 Å². The number of aliphatic hydroxyl groups is 2. The molecule has 1 rings (SSSR count). The second-order valence-corrected chi connectivity index (χ2v) is 3.25. The van der Waals surface area contributed by atoms with Gasteiger partial charge in [-0.05, 0) is 17.7 Å². The Kier molecular flexibility index (Phi) is 4.02. The molecule has 0 fully saturated rings. The monoisotopic (exact) mass is 231 g/mol. The summed E-state index contributed by atoms with van der Waals surface area (Å²) >= 11 is 5.36. The molecule has 2 unspecified atom stereocenters. The summed E-state index contributed by atoms with van der Waals surface area (Å²) in [7, 11) is 0. The lowest BCUT2D eigenvalue weighted by Crippen LogP contribution is -2.20. The minimum atomic E-state index is -1.21. The van der Waals surface area contributed by atoms with Gasteiger partial charge in [0.25, 0.3) is 0 Å². The Balaban J connectivity index is 2.94. The van der Waals surface area contributed by atoms with Gasteiger partial charge < -0.3 is 15.3 Å². The summed E-state index contributed by atoms with van der Waals surface area (Å²) in [6.07, 6.45) is -1.08. The van der Waals surface area contributed by atoms with Gasteiger partial charge in [0.05, 0.1) is 12.0 Å². The minimum Gasteiger partial charge on any atom is -0.477 e. The number of aromatic carboxylic acids is 1. The van der Waals surface area contributed by atoms with Crippen LogP contribution in [0.1, 0.15) is 22.2 Å². The van der Waals surface area contributed by atoms with Gasteiger partial charge in [-0.25, -0.2) is 9.78 Å². The van der Waals surface area contributed by atoms with Crippen LogP contribution < -0.4 is 0 Å². The lowest BCUT2D eigenvalue weighted by atomic mass is 10.1. The summed E-state index contributed by atoms with van der Waals surface area (Å²) in [5.74, 6) is -1.32. The summed E-state index contributed by atoms with van der Waals surface area (Å²) in [5.41, 5.74) is 0.0869. The highest BCUT2D eigenvalue weighted by molar-refractivity contribution is 6.18. The van der Waals surface area contributed by atoms with Crippen molar-refractivity contribution < 1.29 is 20.1 Å². The van der Waals surface area contributed by atoms with Crippen LogP contribution in [-0.2, 0) is 0 Å². The predicted molar refractivity (Wildman–Crippen MR) is 52.9 cm³/mol. The molecule has 0 aliphatic carbocycles. The Bertz CT molecular complexity index is 358. The molecule has 6 heteroatoms. The zero-order valence-corrected chi connectivity index (χ0v) is 8.42. The largest absolute Gasteiger partial charge is 0.477 e. The Hall–Kier alpha value is -1.17. The molecule has 15 heavy (non-hydrogen) atoms. The van der Waals surface area contributed by atoms with Crippen LogP contribution in [0, 0.1) is 0 Å². The van der Waals surface area contributed by atoms with Crippen molar-refractivity contribution in [2.24, 2.45) is 0 Å². The number of hydrogen-bond donors (Lipinski definition) is 3. The van der Waals surface area contributed by atoms with Crippen molar-refractivity contribution in [3.63, 3.8) is 0 Å². The Labute approximate surface area is 91.0 Å². The number of aromatic nitrogens is 1. The van der Waals surface area contributed by atoms with E-state index >= 15 is 0 Å². The number of hydrogen-bond acceptors (Lipinski definition) is 4. The number of carboxylic acid groups (broad SMARTS) is 1. The molecule has 0 radical (unpaired) electrons. The number of carboxylic acids is 1.